The second-order valence-electron chi connectivity index (χ2n) is 10.4. The molecule has 1 N–H and O–H groups in total. The van der Waals surface area contributed by atoms with Gasteiger partial charge in [0, 0.05) is 29.7 Å². The van der Waals surface area contributed by atoms with E-state index in [9.17, 15) is 31.5 Å². The van der Waals surface area contributed by atoms with E-state index in [4.69, 9.17) is 20.8 Å². The number of hydrogen-bond donors (Lipinski definition) is 1. The van der Waals surface area contributed by atoms with Crippen LogP contribution in [-0.2, 0) is 4.79 Å². The molecule has 0 radical (unpaired) electrons. The number of amides is 1. The van der Waals surface area contributed by atoms with Gasteiger partial charge >= 0.3 is 12.1 Å². The van der Waals surface area contributed by atoms with Crippen LogP contribution >= 0.6 is 11.6 Å². The van der Waals surface area contributed by atoms with Crippen LogP contribution in [0.1, 0.15) is 29.7 Å². The van der Waals surface area contributed by atoms with Crippen molar-refractivity contribution in [2.75, 3.05) is 13.1 Å². The third-order valence-corrected chi connectivity index (χ3v) is 7.43. The Morgan fingerprint density at radius 1 is 1.07 bits per heavy atom. The maximum absolute atomic E-state index is 14.4. The molecule has 2 aliphatic rings. The van der Waals surface area contributed by atoms with Crippen LogP contribution in [0.15, 0.2) is 79.9 Å². The van der Waals surface area contributed by atoms with Gasteiger partial charge in [0.05, 0.1) is 35.4 Å². The summed E-state index contributed by atoms with van der Waals surface area (Å²) < 4.78 is 81.6. The lowest BCUT2D eigenvalue weighted by Crippen LogP contribution is -2.40. The van der Waals surface area contributed by atoms with E-state index in [1.165, 1.54) is 6.07 Å². The molecule has 1 aromatic heterocycles. The zero-order valence-electron chi connectivity index (χ0n) is 22.9. The fourth-order valence-corrected chi connectivity index (χ4v) is 5.69. The van der Waals surface area contributed by atoms with E-state index >= 15 is 0 Å². The Balaban J connectivity index is 1.37. The quantitative estimate of drug-likeness (QED) is 0.219. The molecule has 0 aliphatic carbocycles. The predicted molar refractivity (Wildman–Crippen MR) is 150 cm³/mol. The Bertz CT molecular complexity index is 1940. The Hall–Kier alpha value is -4.65. The van der Waals surface area contributed by atoms with Crippen LogP contribution in [0.25, 0.3) is 11.1 Å². The summed E-state index contributed by atoms with van der Waals surface area (Å²) in [6, 6.07) is 12.2. The number of benzene rings is 3. The summed E-state index contributed by atoms with van der Waals surface area (Å²) >= 11 is 5.93. The van der Waals surface area contributed by atoms with Gasteiger partial charge in [-0.1, -0.05) is 23.7 Å². The molecule has 6 rings (SSSR count). The van der Waals surface area contributed by atoms with E-state index in [0.29, 0.717) is 33.5 Å². The average Bonchev–Trinajstić information content (AvgIpc) is 3.58. The van der Waals surface area contributed by atoms with Crippen LogP contribution in [0.5, 0.6) is 17.2 Å². The van der Waals surface area contributed by atoms with Crippen LogP contribution in [0.2, 0.25) is 5.02 Å². The van der Waals surface area contributed by atoms with Crippen molar-refractivity contribution < 1.29 is 40.6 Å². The number of fused-ring (bicyclic) bond motifs is 1. The number of aryl methyl sites for hydroxylation is 1. The highest BCUT2D eigenvalue weighted by atomic mass is 35.5. The molecular formula is C30H21ClF5N3O5. The van der Waals surface area contributed by atoms with Gasteiger partial charge in [-0.2, -0.15) is 0 Å². The van der Waals surface area contributed by atoms with Gasteiger partial charge < -0.3 is 18.8 Å². The summed E-state index contributed by atoms with van der Waals surface area (Å²) in [4.78, 5) is 33.7. The van der Waals surface area contributed by atoms with Gasteiger partial charge in [-0.3, -0.25) is 14.8 Å². The first-order valence-corrected chi connectivity index (χ1v) is 13.5. The number of aromatic nitrogens is 1. The van der Waals surface area contributed by atoms with Crippen molar-refractivity contribution in [3.8, 4) is 17.2 Å². The van der Waals surface area contributed by atoms with Gasteiger partial charge in [0.25, 0.3) is 11.8 Å². The van der Waals surface area contributed by atoms with E-state index in [-0.39, 0.29) is 34.2 Å². The molecule has 0 saturated heterocycles. The molecule has 14 heteroatoms. The van der Waals surface area contributed by atoms with Crippen molar-refractivity contribution in [1.82, 2.24) is 9.88 Å². The Morgan fingerprint density at radius 3 is 2.48 bits per heavy atom. The highest BCUT2D eigenvalue weighted by Crippen LogP contribution is 2.46. The zero-order chi connectivity index (χ0) is 31.6. The number of ether oxygens (including phenoxy) is 2. The molecule has 3 aromatic carbocycles. The molecule has 228 valence electrons. The van der Waals surface area contributed by atoms with Crippen molar-refractivity contribution in [2.24, 2.45) is 4.99 Å². The minimum atomic E-state index is -4.92. The summed E-state index contributed by atoms with van der Waals surface area (Å²) in [6.07, 6.45) is -4.92. The lowest BCUT2D eigenvalue weighted by Gasteiger charge is -2.31. The molecule has 1 atom stereocenters. The number of aromatic amines is 1. The predicted octanol–water partition coefficient (Wildman–Crippen LogP) is 7.11. The summed E-state index contributed by atoms with van der Waals surface area (Å²) in [5.74, 6) is -4.67. The topological polar surface area (TPSA) is 97.1 Å². The number of oxazole rings is 1. The molecule has 0 fully saturated rings. The van der Waals surface area contributed by atoms with E-state index < -0.39 is 42.3 Å². The van der Waals surface area contributed by atoms with Gasteiger partial charge in [-0.15, -0.1) is 13.2 Å². The van der Waals surface area contributed by atoms with Gasteiger partial charge in [0.2, 0.25) is 0 Å². The molecular weight excluding hydrogens is 613 g/mol. The molecule has 3 heterocycles. The van der Waals surface area contributed by atoms with E-state index in [2.05, 4.69) is 14.7 Å². The number of aliphatic imine (C=N–C) groups is 1. The maximum atomic E-state index is 14.4. The second kappa shape index (κ2) is 10.5. The molecule has 44 heavy (non-hydrogen) atoms. The van der Waals surface area contributed by atoms with Crippen molar-refractivity contribution in [1.29, 1.82) is 0 Å². The molecule has 0 spiro atoms. The lowest BCUT2D eigenvalue weighted by molar-refractivity contribution is -0.274. The third kappa shape index (κ3) is 5.54. The summed E-state index contributed by atoms with van der Waals surface area (Å²) in [6.45, 7) is 1.54. The summed E-state index contributed by atoms with van der Waals surface area (Å²) in [5, 5.41) is -0.324. The number of para-hydroxylation sites is 1. The van der Waals surface area contributed by atoms with Crippen LogP contribution in [0, 0.1) is 6.92 Å². The Morgan fingerprint density at radius 2 is 1.80 bits per heavy atom. The van der Waals surface area contributed by atoms with Gasteiger partial charge in [-0.25, -0.2) is 13.6 Å². The number of carbonyl (C=O) groups excluding carboxylic acids is 1. The maximum Gasteiger partial charge on any atom is 0.573 e. The minimum Gasteiger partial charge on any atom is -0.457 e. The normalized spacial score (nSPS) is 17.0. The van der Waals surface area contributed by atoms with Gasteiger partial charge in [0.1, 0.15) is 17.2 Å². The number of hydrogen-bond acceptors (Lipinski definition) is 6. The van der Waals surface area contributed by atoms with E-state index in [1.807, 2.05) is 0 Å². The number of carbonyl (C=O) groups is 1. The fraction of sp³-hybridized carbons (Fsp3) is 0.233. The standard InChI is InChI=1S/C30H21ClF5N3O5/c1-14-10-15(42-16-7-9-22(20(31)11-16)44-30(34,35)36)6-8-17(14)25-23-19(27(40)39(25)13-29(2,32)33)12-37-24(23)18-4-3-5-21-26(18)43-28(41)38-21/h3-11,25H,12-13H2,1-2H3,(H,38,41). The van der Waals surface area contributed by atoms with E-state index in [0.717, 1.165) is 24.0 Å². The van der Waals surface area contributed by atoms with Crippen molar-refractivity contribution in [2.45, 2.75) is 32.2 Å². The van der Waals surface area contributed by atoms with E-state index in [1.54, 1.807) is 43.3 Å². The first-order valence-electron chi connectivity index (χ1n) is 13.1. The largest absolute Gasteiger partial charge is 0.573 e. The molecule has 1 unspecified atom stereocenters. The number of H-pyrrole nitrogens is 1. The fourth-order valence-electron chi connectivity index (χ4n) is 5.48. The lowest BCUT2D eigenvalue weighted by atomic mass is 9.89. The third-order valence-electron chi connectivity index (χ3n) is 7.13. The SMILES string of the molecule is Cc1cc(Oc2ccc(OC(F)(F)F)c(Cl)c2)ccc1C1C2=C(CN=C2c2cccc3[nH]c(=O)oc23)C(=O)N1CC(C)(F)F. The average molecular weight is 634 g/mol. The summed E-state index contributed by atoms with van der Waals surface area (Å²) in [7, 11) is 0. The number of rotatable bonds is 7. The van der Waals surface area contributed by atoms with Crippen LogP contribution in [-0.4, -0.2) is 46.9 Å². The number of halogens is 6. The molecule has 1 amide bonds. The van der Waals surface area contributed by atoms with Crippen molar-refractivity contribution >= 4 is 34.3 Å². The van der Waals surface area contributed by atoms with Crippen LogP contribution < -0.4 is 15.2 Å². The van der Waals surface area contributed by atoms with Crippen molar-refractivity contribution in [3.63, 3.8) is 0 Å². The number of alkyl halides is 5. The zero-order valence-corrected chi connectivity index (χ0v) is 23.6. The molecule has 4 aromatic rings. The summed E-state index contributed by atoms with van der Waals surface area (Å²) in [5.41, 5.74) is 3.20. The van der Waals surface area contributed by atoms with Gasteiger partial charge in [-0.05, 0) is 54.4 Å². The second-order valence-corrected chi connectivity index (χ2v) is 10.8. The smallest absolute Gasteiger partial charge is 0.457 e. The molecule has 8 nitrogen and oxygen atoms in total. The first kappa shape index (κ1) is 29.4. The molecule has 2 aliphatic heterocycles. The van der Waals surface area contributed by atoms with Gasteiger partial charge in [0.15, 0.2) is 5.58 Å². The van der Waals surface area contributed by atoms with Crippen LogP contribution in [0.4, 0.5) is 22.0 Å². The minimum absolute atomic E-state index is 0.0358. The monoisotopic (exact) mass is 633 g/mol. The number of nitrogens with one attached hydrogen (secondary N) is 1. The van der Waals surface area contributed by atoms with Crippen molar-refractivity contribution in [3.05, 3.63) is 98.0 Å². The molecule has 0 bridgehead atoms. The highest BCUT2D eigenvalue weighted by molar-refractivity contribution is 6.32. The van der Waals surface area contributed by atoms with Crippen LogP contribution in [0.3, 0.4) is 0 Å². The Labute approximate surface area is 250 Å². The first-order chi connectivity index (χ1) is 20.7. The molecule has 0 saturated carbocycles. The number of nitrogens with zero attached hydrogens (tertiary/aromatic N) is 2. The highest BCUT2D eigenvalue weighted by Gasteiger charge is 2.47. The Kier molecular flexibility index (Phi) is 7.03.